The Morgan fingerprint density at radius 3 is 2.32 bits per heavy atom. The Bertz CT molecular complexity index is 1440. The van der Waals surface area contributed by atoms with E-state index in [4.69, 9.17) is 9.47 Å². The number of sulfonamides is 1. The zero-order chi connectivity index (χ0) is 25.5. The van der Waals surface area contributed by atoms with Crippen LogP contribution in [0.2, 0.25) is 0 Å². The second-order valence-electron chi connectivity index (χ2n) is 8.65. The van der Waals surface area contributed by atoms with Gasteiger partial charge < -0.3 is 9.47 Å². The van der Waals surface area contributed by atoms with E-state index in [2.05, 4.69) is 9.71 Å². The summed E-state index contributed by atoms with van der Waals surface area (Å²) in [6.45, 7) is 6.44. The summed E-state index contributed by atoms with van der Waals surface area (Å²) in [7, 11) is -4.93. The fourth-order valence-corrected chi connectivity index (χ4v) is 5.84. The number of aromatic nitrogens is 2. The standard InChI is InChI=1S/C22H28FN3O6S2/c1-7-8-33(27,28)25-16-10-14(9-15(23)21(16)32-6)17-12-24-20-11-18(31-5)19(13-26(17)20)34(29,30)22(2,3)4/h9-13,25H,7-8H2,1-6H3. The summed E-state index contributed by atoms with van der Waals surface area (Å²) in [5.41, 5.74) is 0.908. The lowest BCUT2D eigenvalue weighted by Crippen LogP contribution is -2.28. The molecule has 3 rings (SSSR count). The first kappa shape index (κ1) is 25.8. The van der Waals surface area contributed by atoms with E-state index in [1.165, 1.54) is 49.2 Å². The van der Waals surface area contributed by atoms with Crippen molar-refractivity contribution in [3.63, 3.8) is 0 Å². The highest BCUT2D eigenvalue weighted by Gasteiger charge is 2.34. The molecule has 0 fully saturated rings. The predicted molar refractivity (Wildman–Crippen MR) is 128 cm³/mol. The summed E-state index contributed by atoms with van der Waals surface area (Å²) in [6.07, 6.45) is 3.19. The molecule has 0 unspecified atom stereocenters. The normalized spacial score (nSPS) is 12.7. The third-order valence-electron chi connectivity index (χ3n) is 5.17. The largest absolute Gasteiger partial charge is 0.495 e. The van der Waals surface area contributed by atoms with E-state index < -0.39 is 30.4 Å². The van der Waals surface area contributed by atoms with E-state index in [9.17, 15) is 21.2 Å². The molecule has 1 N–H and O–H groups in total. The number of anilines is 1. The van der Waals surface area contributed by atoms with Crippen molar-refractivity contribution in [1.82, 2.24) is 9.38 Å². The van der Waals surface area contributed by atoms with Gasteiger partial charge in [-0.3, -0.25) is 9.12 Å². The van der Waals surface area contributed by atoms with Gasteiger partial charge in [-0.15, -0.1) is 0 Å². The Morgan fingerprint density at radius 1 is 1.09 bits per heavy atom. The average Bonchev–Trinajstić information content (AvgIpc) is 3.14. The highest BCUT2D eigenvalue weighted by Crippen LogP contribution is 2.37. The number of benzene rings is 1. The molecule has 0 aliphatic carbocycles. The van der Waals surface area contributed by atoms with E-state index in [0.717, 1.165) is 0 Å². The molecule has 9 nitrogen and oxygen atoms in total. The molecule has 0 bridgehead atoms. The number of fused-ring (bicyclic) bond motifs is 1. The summed E-state index contributed by atoms with van der Waals surface area (Å²) in [4.78, 5) is 4.24. The van der Waals surface area contributed by atoms with Crippen LogP contribution in [0.1, 0.15) is 34.1 Å². The van der Waals surface area contributed by atoms with Crippen molar-refractivity contribution in [3.8, 4) is 22.8 Å². The second kappa shape index (κ2) is 9.06. The van der Waals surface area contributed by atoms with Crippen LogP contribution in [0.3, 0.4) is 0 Å². The molecule has 0 saturated carbocycles. The highest BCUT2D eigenvalue weighted by atomic mass is 32.2. The molecular weight excluding hydrogens is 485 g/mol. The van der Waals surface area contributed by atoms with Crippen LogP contribution in [0.5, 0.6) is 11.5 Å². The van der Waals surface area contributed by atoms with Gasteiger partial charge in [0.05, 0.1) is 42.3 Å². The SMILES string of the molecule is CCCS(=O)(=O)Nc1cc(-c2cnc3cc(OC)c(S(=O)(=O)C(C)(C)C)cn23)cc(F)c1OC. The van der Waals surface area contributed by atoms with Gasteiger partial charge in [0.25, 0.3) is 0 Å². The Morgan fingerprint density at radius 2 is 1.76 bits per heavy atom. The Hall–Kier alpha value is -2.86. The van der Waals surface area contributed by atoms with Crippen LogP contribution in [0, 0.1) is 5.82 Å². The van der Waals surface area contributed by atoms with Gasteiger partial charge in [0.2, 0.25) is 10.0 Å². The fourth-order valence-electron chi connectivity index (χ4n) is 3.40. The highest BCUT2D eigenvalue weighted by molar-refractivity contribution is 7.93. The average molecular weight is 514 g/mol. The zero-order valence-corrected chi connectivity index (χ0v) is 21.5. The number of ether oxygens (including phenoxy) is 2. The molecule has 186 valence electrons. The molecule has 12 heteroatoms. The van der Waals surface area contributed by atoms with E-state index in [1.807, 2.05) is 0 Å². The maximum absolute atomic E-state index is 14.9. The van der Waals surface area contributed by atoms with Crippen LogP contribution in [-0.2, 0) is 19.9 Å². The van der Waals surface area contributed by atoms with E-state index in [0.29, 0.717) is 17.8 Å². The Balaban J connectivity index is 2.26. The molecule has 0 radical (unpaired) electrons. The summed E-state index contributed by atoms with van der Waals surface area (Å²) < 4.78 is 79.1. The predicted octanol–water partition coefficient (Wildman–Crippen LogP) is 3.88. The van der Waals surface area contributed by atoms with Crippen molar-refractivity contribution in [2.24, 2.45) is 0 Å². The molecule has 2 aromatic heterocycles. The molecule has 0 spiro atoms. The minimum Gasteiger partial charge on any atom is -0.495 e. The van der Waals surface area contributed by atoms with Gasteiger partial charge >= 0.3 is 0 Å². The van der Waals surface area contributed by atoms with E-state index in [-0.39, 0.29) is 33.4 Å². The van der Waals surface area contributed by atoms with Crippen LogP contribution < -0.4 is 14.2 Å². The number of nitrogens with zero attached hydrogens (tertiary/aromatic N) is 2. The fraction of sp³-hybridized carbons (Fsp3) is 0.409. The first-order chi connectivity index (χ1) is 15.8. The quantitative estimate of drug-likeness (QED) is 0.486. The zero-order valence-electron chi connectivity index (χ0n) is 19.8. The Labute approximate surface area is 198 Å². The summed E-state index contributed by atoms with van der Waals surface area (Å²) in [6, 6.07) is 4.07. The van der Waals surface area contributed by atoms with E-state index >= 15 is 0 Å². The summed E-state index contributed by atoms with van der Waals surface area (Å²) in [5.74, 6) is -1.06. The number of halogens is 1. The molecule has 3 aromatic rings. The van der Waals surface area contributed by atoms with Crippen LogP contribution in [0.4, 0.5) is 10.1 Å². The smallest absolute Gasteiger partial charge is 0.232 e. The molecule has 34 heavy (non-hydrogen) atoms. The minimum atomic E-state index is -3.80. The van der Waals surface area contributed by atoms with E-state index in [1.54, 1.807) is 27.7 Å². The maximum Gasteiger partial charge on any atom is 0.232 e. The van der Waals surface area contributed by atoms with Crippen LogP contribution in [-0.4, -0.2) is 50.9 Å². The van der Waals surface area contributed by atoms with Gasteiger partial charge in [-0.05, 0) is 39.3 Å². The van der Waals surface area contributed by atoms with Gasteiger partial charge in [-0.1, -0.05) is 6.92 Å². The molecular formula is C22H28FN3O6S2. The molecule has 1 aromatic carbocycles. The minimum absolute atomic E-state index is 0.0490. The van der Waals surface area contributed by atoms with Gasteiger partial charge in [-0.25, -0.2) is 26.2 Å². The molecule has 0 saturated heterocycles. The third kappa shape index (κ3) is 4.69. The molecule has 0 amide bonds. The number of rotatable bonds is 8. The second-order valence-corrected chi connectivity index (χ2v) is 13.2. The van der Waals surface area contributed by atoms with Crippen molar-refractivity contribution < 1.29 is 30.7 Å². The van der Waals surface area contributed by atoms with Gasteiger partial charge in [-0.2, -0.15) is 0 Å². The van der Waals surface area contributed by atoms with Crippen molar-refractivity contribution >= 4 is 31.2 Å². The lowest BCUT2D eigenvalue weighted by atomic mass is 10.1. The maximum atomic E-state index is 14.9. The number of methoxy groups -OCH3 is 2. The summed E-state index contributed by atoms with van der Waals surface area (Å²) >= 11 is 0. The van der Waals surface area contributed by atoms with Gasteiger partial charge in [0, 0.05) is 17.8 Å². The molecule has 2 heterocycles. The molecule has 0 aliphatic heterocycles. The van der Waals surface area contributed by atoms with Crippen LogP contribution >= 0.6 is 0 Å². The first-order valence-corrected chi connectivity index (χ1v) is 13.6. The third-order valence-corrected chi connectivity index (χ3v) is 9.15. The lowest BCUT2D eigenvalue weighted by Gasteiger charge is -2.21. The van der Waals surface area contributed by atoms with Crippen molar-refractivity contribution in [2.45, 2.75) is 43.8 Å². The van der Waals surface area contributed by atoms with Crippen molar-refractivity contribution in [3.05, 3.63) is 36.4 Å². The monoisotopic (exact) mass is 513 g/mol. The first-order valence-electron chi connectivity index (χ1n) is 10.4. The number of nitrogens with one attached hydrogen (secondary N) is 1. The topological polar surface area (TPSA) is 116 Å². The number of hydrogen-bond donors (Lipinski definition) is 1. The van der Waals surface area contributed by atoms with Gasteiger partial charge in [0.15, 0.2) is 21.4 Å². The Kier molecular flexibility index (Phi) is 6.87. The number of sulfone groups is 1. The number of hydrogen-bond acceptors (Lipinski definition) is 7. The van der Waals surface area contributed by atoms with Crippen LogP contribution in [0.25, 0.3) is 16.9 Å². The molecule has 0 aliphatic rings. The van der Waals surface area contributed by atoms with Crippen LogP contribution in [0.15, 0.2) is 35.5 Å². The van der Waals surface area contributed by atoms with Crippen molar-refractivity contribution in [1.29, 1.82) is 0 Å². The molecule has 0 atom stereocenters. The van der Waals surface area contributed by atoms with Gasteiger partial charge in [0.1, 0.15) is 16.3 Å². The number of pyridine rings is 1. The lowest BCUT2D eigenvalue weighted by molar-refractivity contribution is 0.389. The summed E-state index contributed by atoms with van der Waals surface area (Å²) in [5, 5.41) is 0. The van der Waals surface area contributed by atoms with Crippen molar-refractivity contribution in [2.75, 3.05) is 24.7 Å². The number of imidazole rings is 1.